The first-order chi connectivity index (χ1) is 13.0. The number of nitrogens with one attached hydrogen (secondary N) is 3. The van der Waals surface area contributed by atoms with Crippen LogP contribution < -0.4 is 33.2 Å². The van der Waals surface area contributed by atoms with E-state index in [1.54, 1.807) is 0 Å². The molecule has 0 heterocycles. The minimum Gasteiger partial charge on any atom is -0.370 e. The lowest BCUT2D eigenvalue weighted by molar-refractivity contribution is -0.136. The molecule has 0 fully saturated rings. The molecule has 13 heteroatoms. The predicted molar refractivity (Wildman–Crippen MR) is 128 cm³/mol. The first kappa shape index (κ1) is 36.3. The van der Waals surface area contributed by atoms with Gasteiger partial charge in [-0.2, -0.15) is 0 Å². The van der Waals surface area contributed by atoms with Gasteiger partial charge in [0, 0.05) is 19.5 Å². The van der Waals surface area contributed by atoms with E-state index in [1.807, 2.05) is 0 Å². The van der Waals surface area contributed by atoms with Crippen molar-refractivity contribution in [2.45, 2.75) is 57.6 Å². The van der Waals surface area contributed by atoms with E-state index in [-0.39, 0.29) is 55.5 Å². The number of halogens is 3. The van der Waals surface area contributed by atoms with Crippen LogP contribution in [0.15, 0.2) is 4.99 Å². The van der Waals surface area contributed by atoms with E-state index >= 15 is 0 Å². The second-order valence-electron chi connectivity index (χ2n) is 6.33. The first-order valence-corrected chi connectivity index (χ1v) is 9.68. The molecule has 1 atom stereocenters. The van der Waals surface area contributed by atoms with Crippen LogP contribution in [0.5, 0.6) is 0 Å². The molecule has 0 aliphatic heterocycles. The monoisotopic (exact) mass is 495 g/mol. The summed E-state index contributed by atoms with van der Waals surface area (Å²) < 4.78 is 0. The lowest BCUT2D eigenvalue weighted by Gasteiger charge is -2.13. The van der Waals surface area contributed by atoms with Crippen LogP contribution in [-0.4, -0.2) is 61.8 Å². The van der Waals surface area contributed by atoms with Crippen LogP contribution in [0.4, 0.5) is 0 Å². The fourth-order valence-corrected chi connectivity index (χ4v) is 2.28. The van der Waals surface area contributed by atoms with Crippen LogP contribution in [0.25, 0.3) is 0 Å². The van der Waals surface area contributed by atoms with Gasteiger partial charge >= 0.3 is 0 Å². The number of aliphatic hydroxyl groups excluding tert-OH is 1. The Morgan fingerprint density at radius 2 is 1.47 bits per heavy atom. The van der Waals surface area contributed by atoms with E-state index in [2.05, 4.69) is 20.9 Å². The number of nitrogens with two attached hydrogens (primary N) is 3. The maximum atomic E-state index is 11.7. The van der Waals surface area contributed by atoms with Gasteiger partial charge in [0.2, 0.25) is 12.1 Å². The maximum absolute atomic E-state index is 11.7. The van der Waals surface area contributed by atoms with Gasteiger partial charge in [-0.05, 0) is 51.7 Å². The molecule has 0 aromatic rings. The number of aliphatic hydroxyl groups is 1. The van der Waals surface area contributed by atoms with Crippen LogP contribution in [-0.2, 0) is 9.59 Å². The van der Waals surface area contributed by atoms with Crippen LogP contribution in [0, 0.1) is 0 Å². The van der Waals surface area contributed by atoms with E-state index in [0.29, 0.717) is 26.1 Å². The fraction of sp³-hybridized carbons (Fsp3) is 0.824. The third kappa shape index (κ3) is 25.0. The lowest BCUT2D eigenvalue weighted by atomic mass is 10.1. The number of aliphatic imine (C=N–C) groups is 1. The molecule has 2 amide bonds. The standard InChI is InChI=1S/C17H37N7O3.3ClH/c18-9-7-11-21-10-5-6-12-22-15(26)16(27)24-14(25)8-3-1-2-4-13-23-17(19)20;;;/h16,21,27H,1-13,18H2,(H,22,26)(H,24,25)(H4,19,20,23);3*1H/t16-;;;/m1.../s1. The van der Waals surface area contributed by atoms with Gasteiger partial charge in [-0.25, -0.2) is 0 Å². The Kier molecular flexibility index (Phi) is 31.5. The Morgan fingerprint density at radius 1 is 0.867 bits per heavy atom. The molecule has 0 saturated carbocycles. The highest BCUT2D eigenvalue weighted by atomic mass is 35.5. The highest BCUT2D eigenvalue weighted by Gasteiger charge is 2.16. The first-order valence-electron chi connectivity index (χ1n) is 9.68. The van der Waals surface area contributed by atoms with Crippen LogP contribution >= 0.6 is 37.2 Å². The van der Waals surface area contributed by atoms with E-state index in [9.17, 15) is 14.7 Å². The van der Waals surface area contributed by atoms with Gasteiger partial charge in [-0.3, -0.25) is 14.6 Å². The molecule has 0 rings (SSSR count). The summed E-state index contributed by atoms with van der Waals surface area (Å²) in [6.07, 6.45) is 4.71. The predicted octanol–water partition coefficient (Wildman–Crippen LogP) is -0.255. The molecular formula is C17H40Cl3N7O3. The molecule has 0 saturated heterocycles. The van der Waals surface area contributed by atoms with Gasteiger partial charge < -0.3 is 38.3 Å². The molecule has 0 aliphatic carbocycles. The van der Waals surface area contributed by atoms with Gasteiger partial charge in [0.1, 0.15) is 0 Å². The summed E-state index contributed by atoms with van der Waals surface area (Å²) in [5.74, 6) is -0.844. The number of unbranched alkanes of at least 4 members (excludes halogenated alkanes) is 4. The molecule has 0 bridgehead atoms. The quantitative estimate of drug-likeness (QED) is 0.0626. The average Bonchev–Trinajstić information content (AvgIpc) is 2.62. The van der Waals surface area contributed by atoms with Crippen molar-refractivity contribution in [2.24, 2.45) is 22.2 Å². The van der Waals surface area contributed by atoms with Gasteiger partial charge in [-0.15, -0.1) is 37.2 Å². The van der Waals surface area contributed by atoms with Crippen molar-refractivity contribution in [2.75, 3.05) is 32.7 Å². The molecule has 182 valence electrons. The van der Waals surface area contributed by atoms with E-state index in [0.717, 1.165) is 51.6 Å². The molecule has 10 N–H and O–H groups in total. The highest BCUT2D eigenvalue weighted by Crippen LogP contribution is 2.03. The zero-order valence-corrected chi connectivity index (χ0v) is 19.9. The summed E-state index contributed by atoms with van der Waals surface area (Å²) in [4.78, 5) is 27.3. The third-order valence-electron chi connectivity index (χ3n) is 3.79. The van der Waals surface area contributed by atoms with E-state index in [1.165, 1.54) is 0 Å². The van der Waals surface area contributed by atoms with Crippen molar-refractivity contribution in [3.05, 3.63) is 0 Å². The number of amides is 2. The van der Waals surface area contributed by atoms with Crippen molar-refractivity contribution in [3.8, 4) is 0 Å². The Hall–Kier alpha value is -1.04. The SMILES string of the molecule is Cl.Cl.Cl.NCCCNCCCCNC(=O)[C@@H](O)NC(=O)CCCCCCN=C(N)N. The summed E-state index contributed by atoms with van der Waals surface area (Å²) in [6.45, 7) is 3.47. The summed E-state index contributed by atoms with van der Waals surface area (Å²) in [5.41, 5.74) is 15.8. The Balaban J connectivity index is -0.00000113. The zero-order valence-electron chi connectivity index (χ0n) is 17.4. The smallest absolute Gasteiger partial charge is 0.269 e. The Bertz CT molecular complexity index is 443. The van der Waals surface area contributed by atoms with Gasteiger partial charge in [0.05, 0.1) is 0 Å². The molecule has 0 unspecified atom stereocenters. The number of hydrogen-bond acceptors (Lipinski definition) is 6. The van der Waals surface area contributed by atoms with E-state index in [4.69, 9.17) is 17.2 Å². The van der Waals surface area contributed by atoms with Crippen molar-refractivity contribution in [1.29, 1.82) is 0 Å². The third-order valence-corrected chi connectivity index (χ3v) is 3.79. The normalized spacial score (nSPS) is 10.5. The number of rotatable bonds is 17. The summed E-state index contributed by atoms with van der Waals surface area (Å²) in [5, 5.41) is 17.9. The molecule has 0 radical (unpaired) electrons. The average molecular weight is 497 g/mol. The van der Waals surface area contributed by atoms with Gasteiger partial charge in [0.25, 0.3) is 5.91 Å². The maximum Gasteiger partial charge on any atom is 0.269 e. The molecular weight excluding hydrogens is 457 g/mol. The second-order valence-corrected chi connectivity index (χ2v) is 6.33. The molecule has 0 aromatic carbocycles. The molecule has 0 aromatic heterocycles. The fourth-order valence-electron chi connectivity index (χ4n) is 2.28. The molecule has 30 heavy (non-hydrogen) atoms. The summed E-state index contributed by atoms with van der Waals surface area (Å²) in [6, 6.07) is 0. The summed E-state index contributed by atoms with van der Waals surface area (Å²) in [7, 11) is 0. The van der Waals surface area contributed by atoms with Crippen molar-refractivity contribution in [1.82, 2.24) is 16.0 Å². The molecule has 0 aliphatic rings. The number of hydrogen-bond donors (Lipinski definition) is 7. The number of nitrogens with zero attached hydrogens (tertiary/aromatic N) is 1. The molecule has 10 nitrogen and oxygen atoms in total. The zero-order chi connectivity index (χ0) is 20.3. The minimum atomic E-state index is -1.51. The topological polar surface area (TPSA) is 181 Å². The Morgan fingerprint density at radius 3 is 2.10 bits per heavy atom. The van der Waals surface area contributed by atoms with Crippen LogP contribution in [0.3, 0.4) is 0 Å². The second kappa shape index (κ2) is 26.0. The largest absolute Gasteiger partial charge is 0.370 e. The van der Waals surface area contributed by atoms with Gasteiger partial charge in [-0.1, -0.05) is 12.8 Å². The van der Waals surface area contributed by atoms with Crippen LogP contribution in [0.1, 0.15) is 51.4 Å². The van der Waals surface area contributed by atoms with E-state index < -0.39 is 12.1 Å². The van der Waals surface area contributed by atoms with Crippen molar-refractivity contribution >= 4 is 55.0 Å². The minimum absolute atomic E-state index is 0. The van der Waals surface area contributed by atoms with Gasteiger partial charge in [0.15, 0.2) is 5.96 Å². The Labute approximate surface area is 198 Å². The van der Waals surface area contributed by atoms with Crippen molar-refractivity contribution in [3.63, 3.8) is 0 Å². The lowest BCUT2D eigenvalue weighted by Crippen LogP contribution is -2.46. The number of guanidine groups is 1. The van der Waals surface area contributed by atoms with Crippen LogP contribution in [0.2, 0.25) is 0 Å². The summed E-state index contributed by atoms with van der Waals surface area (Å²) >= 11 is 0. The van der Waals surface area contributed by atoms with Crippen molar-refractivity contribution < 1.29 is 14.7 Å². The highest BCUT2D eigenvalue weighted by molar-refractivity contribution is 5.86. The number of carbonyl (C=O) groups is 2. The molecule has 0 spiro atoms. The number of carbonyl (C=O) groups excluding carboxylic acids is 2.